The van der Waals surface area contributed by atoms with Crippen molar-refractivity contribution in [2.75, 3.05) is 14.2 Å². The van der Waals surface area contributed by atoms with E-state index in [9.17, 15) is 18.0 Å². The van der Waals surface area contributed by atoms with E-state index in [1.165, 1.54) is 14.2 Å². The van der Waals surface area contributed by atoms with Gasteiger partial charge in [0, 0.05) is 0 Å². The Hall–Kier alpha value is -0.398. The van der Waals surface area contributed by atoms with Crippen molar-refractivity contribution in [3.63, 3.8) is 0 Å². The fraction of sp³-hybridized carbons (Fsp3) is 0.750. The number of halogens is 3. The Balaban J connectivity index is -0.000000147. The Morgan fingerprint density at radius 3 is 1.33 bits per heavy atom. The number of hydrogen-bond donors (Lipinski definition) is 3. The quantitative estimate of drug-likeness (QED) is 0.364. The second kappa shape index (κ2) is 11.7. The molecule has 0 heterocycles. The van der Waals surface area contributed by atoms with Crippen LogP contribution < -0.4 is 0 Å². The molecule has 0 spiro atoms. The van der Waals surface area contributed by atoms with E-state index in [1.807, 2.05) is 0 Å². The van der Waals surface area contributed by atoms with Gasteiger partial charge in [0.05, 0.1) is 14.2 Å². The van der Waals surface area contributed by atoms with Gasteiger partial charge in [0.1, 0.15) is 0 Å². The molecule has 0 unspecified atom stereocenters. The van der Waals surface area contributed by atoms with Crippen LogP contribution in [0.2, 0.25) is 0 Å². The fourth-order valence-electron chi connectivity index (χ4n) is 0.0833. The van der Waals surface area contributed by atoms with Crippen LogP contribution in [-0.4, -0.2) is 65.3 Å². The van der Waals surface area contributed by atoms with Gasteiger partial charge in [-0.1, -0.05) is 0 Å². The van der Waals surface area contributed by atoms with Crippen molar-refractivity contribution >= 4 is 31.2 Å². The third-order valence-corrected chi connectivity index (χ3v) is 0.333. The van der Waals surface area contributed by atoms with E-state index < -0.39 is 18.3 Å². The molecule has 0 aliphatic rings. The normalized spacial score (nSPS) is 8.67. The molecule has 6 nitrogen and oxygen atoms in total. The monoisotopic (exact) mass is 228 g/mol. The summed E-state index contributed by atoms with van der Waals surface area (Å²) >= 11 is 0.188. The molecule has 3 N–H and O–H groups in total. The summed E-state index contributed by atoms with van der Waals surface area (Å²) in [5, 5.41) is 21.5. The first-order chi connectivity index (χ1) is 6.54. The second-order valence-electron chi connectivity index (χ2n) is 1.79. The van der Waals surface area contributed by atoms with Crippen molar-refractivity contribution in [1.29, 1.82) is 0 Å². The summed E-state index contributed by atoms with van der Waals surface area (Å²) in [6, 6.07) is 0. The Labute approximate surface area is 93.4 Å². The SMILES string of the molecule is COC(=O)OC.OB(O)O.[Li][C](F)(F)F. The van der Waals surface area contributed by atoms with E-state index in [4.69, 9.17) is 15.1 Å². The zero-order chi connectivity index (χ0) is 13.1. The number of hydrogen-bond acceptors (Lipinski definition) is 6. The van der Waals surface area contributed by atoms with Crippen LogP contribution in [0.3, 0.4) is 0 Å². The van der Waals surface area contributed by atoms with E-state index in [-0.39, 0.29) is 17.7 Å². The van der Waals surface area contributed by atoms with E-state index in [0.717, 1.165) is 0 Å². The topological polar surface area (TPSA) is 96.2 Å². The number of rotatable bonds is 0. The molecule has 15 heavy (non-hydrogen) atoms. The minimum atomic E-state index is -4.00. The number of carbonyl (C=O) groups is 1. The van der Waals surface area contributed by atoms with Gasteiger partial charge in [0.15, 0.2) is 0 Å². The molecular weight excluding hydrogens is 219 g/mol. The van der Waals surface area contributed by atoms with E-state index in [0.29, 0.717) is 0 Å². The summed E-state index contributed by atoms with van der Waals surface area (Å²) in [4.78, 5) is 5.74. The second-order valence-corrected chi connectivity index (χ2v) is 1.79. The third kappa shape index (κ3) is 141. The van der Waals surface area contributed by atoms with E-state index in [2.05, 4.69) is 9.47 Å². The molecule has 0 fully saturated rings. The van der Waals surface area contributed by atoms with Crippen LogP contribution >= 0.6 is 0 Å². The predicted molar refractivity (Wildman–Crippen MR) is 43.6 cm³/mol. The standard InChI is InChI=1S/C3H6O3.CF3.BH3O3.Li/c1-5-3(4)6-2;2*2-1(3)4;/h1-2H3;;2-4H;. The maximum absolute atomic E-state index is 10.4. The molecule has 0 radical (unpaired) electrons. The fourth-order valence-corrected chi connectivity index (χ4v) is 0.0833. The van der Waals surface area contributed by atoms with Crippen molar-refractivity contribution in [2.24, 2.45) is 0 Å². The molecule has 0 aromatic carbocycles. The van der Waals surface area contributed by atoms with Crippen molar-refractivity contribution in [3.05, 3.63) is 0 Å². The average Bonchev–Trinajstić information content (AvgIpc) is 1.99. The number of ether oxygens (including phenoxy) is 2. The molecule has 0 bridgehead atoms. The Kier molecular flexibility index (Phi) is 15.6. The first-order valence-electron chi connectivity index (χ1n) is 3.27. The molecule has 0 aliphatic heterocycles. The molecular formula is C4H9BF3LiO6. The Morgan fingerprint density at radius 1 is 1.20 bits per heavy atom. The van der Waals surface area contributed by atoms with Gasteiger partial charge in [-0.2, -0.15) is 0 Å². The van der Waals surface area contributed by atoms with Gasteiger partial charge in [-0.25, -0.2) is 4.79 Å². The van der Waals surface area contributed by atoms with Crippen molar-refractivity contribution < 1.29 is 42.5 Å². The number of carbonyl (C=O) groups excluding carboxylic acids is 1. The van der Waals surface area contributed by atoms with Crippen LogP contribution in [-0.2, 0) is 9.47 Å². The van der Waals surface area contributed by atoms with E-state index in [1.54, 1.807) is 0 Å². The van der Waals surface area contributed by atoms with Gasteiger partial charge in [0.25, 0.3) is 0 Å². The van der Waals surface area contributed by atoms with Gasteiger partial charge in [-0.05, 0) is 0 Å². The van der Waals surface area contributed by atoms with Gasteiger partial charge >= 0.3 is 49.2 Å². The molecule has 0 rings (SSSR count). The average molecular weight is 228 g/mol. The molecule has 0 atom stereocenters. The zero-order valence-electron chi connectivity index (χ0n) is 8.28. The van der Waals surface area contributed by atoms with Crippen LogP contribution in [0.5, 0.6) is 0 Å². The van der Waals surface area contributed by atoms with Gasteiger partial charge in [-0.3, -0.25) is 0 Å². The van der Waals surface area contributed by atoms with Crippen molar-refractivity contribution in [2.45, 2.75) is 4.85 Å². The van der Waals surface area contributed by atoms with Crippen molar-refractivity contribution in [3.8, 4) is 0 Å². The van der Waals surface area contributed by atoms with Gasteiger partial charge < -0.3 is 24.5 Å². The molecule has 86 valence electrons. The first-order valence-corrected chi connectivity index (χ1v) is 3.27. The predicted octanol–water partition coefficient (Wildman–Crippen LogP) is -0.978. The van der Waals surface area contributed by atoms with Gasteiger partial charge in [-0.15, -0.1) is 0 Å². The molecule has 0 aromatic heterocycles. The number of alkyl halides is 3. The van der Waals surface area contributed by atoms with Crippen LogP contribution in [0.25, 0.3) is 0 Å². The summed E-state index contributed by atoms with van der Waals surface area (Å²) in [6.07, 6.45) is -0.657. The molecule has 11 heteroatoms. The van der Waals surface area contributed by atoms with Crippen LogP contribution in [0.1, 0.15) is 0 Å². The molecule has 0 saturated heterocycles. The molecule has 0 amide bonds. The zero-order valence-corrected chi connectivity index (χ0v) is 8.28. The Morgan fingerprint density at radius 2 is 1.33 bits per heavy atom. The summed E-state index contributed by atoms with van der Waals surface area (Å²) in [5.74, 6) is 0. The Bertz CT molecular complexity index is 139. The third-order valence-electron chi connectivity index (χ3n) is 0.333. The molecule has 0 aromatic rings. The van der Waals surface area contributed by atoms with Crippen LogP contribution in [0.15, 0.2) is 0 Å². The van der Waals surface area contributed by atoms with Crippen molar-refractivity contribution in [1.82, 2.24) is 0 Å². The van der Waals surface area contributed by atoms with Gasteiger partial charge in [0.2, 0.25) is 0 Å². The van der Waals surface area contributed by atoms with Crippen LogP contribution in [0, 0.1) is 0 Å². The molecule has 0 saturated carbocycles. The summed E-state index contributed by atoms with van der Waals surface area (Å²) < 4.78 is 39.1. The maximum atomic E-state index is 10.4. The summed E-state index contributed by atoms with van der Waals surface area (Å²) in [5.41, 5.74) is 0. The van der Waals surface area contributed by atoms with Crippen LogP contribution in [0.4, 0.5) is 18.0 Å². The summed E-state index contributed by atoms with van der Waals surface area (Å²) in [7, 11) is 0.345. The number of methoxy groups -OCH3 is 2. The minimum absolute atomic E-state index is 0.188. The van der Waals surface area contributed by atoms with E-state index >= 15 is 0 Å². The first kappa shape index (κ1) is 20.1. The molecule has 0 aliphatic carbocycles. The summed E-state index contributed by atoms with van der Waals surface area (Å²) in [6.45, 7) is 0.